The van der Waals surface area contributed by atoms with Crippen LogP contribution in [0.25, 0.3) is 16.7 Å². The van der Waals surface area contributed by atoms with Gasteiger partial charge in [0.15, 0.2) is 5.65 Å². The van der Waals surface area contributed by atoms with Gasteiger partial charge in [-0.15, -0.1) is 0 Å². The molecule has 1 aliphatic heterocycles. The zero-order valence-corrected chi connectivity index (χ0v) is 12.2. The first kappa shape index (κ1) is 12.6. The van der Waals surface area contributed by atoms with Crippen LogP contribution < -0.4 is 4.90 Å². The Hall–Kier alpha value is -2.14. The minimum absolute atomic E-state index is 0.656. The highest BCUT2D eigenvalue weighted by Crippen LogP contribution is 2.28. The van der Waals surface area contributed by atoms with E-state index in [1.807, 2.05) is 30.5 Å². The molecule has 0 spiro atoms. The lowest BCUT2D eigenvalue weighted by Gasteiger charge is -2.16. The molecular formula is C15H14ClN5. The Morgan fingerprint density at radius 1 is 1.05 bits per heavy atom. The first-order valence-corrected chi connectivity index (χ1v) is 7.41. The molecule has 0 amide bonds. The van der Waals surface area contributed by atoms with Crippen LogP contribution in [0.5, 0.6) is 0 Å². The molecule has 1 aliphatic rings. The van der Waals surface area contributed by atoms with Crippen molar-refractivity contribution in [2.24, 2.45) is 0 Å². The molecule has 21 heavy (non-hydrogen) atoms. The topological polar surface area (TPSA) is 46.8 Å². The summed E-state index contributed by atoms with van der Waals surface area (Å²) in [6, 6.07) is 7.64. The largest absolute Gasteiger partial charge is 0.356 e. The molecule has 3 aromatic rings. The Bertz CT molecular complexity index is 792. The summed E-state index contributed by atoms with van der Waals surface area (Å²) in [4.78, 5) is 11.1. The van der Waals surface area contributed by atoms with Gasteiger partial charge in [-0.2, -0.15) is 5.10 Å². The monoisotopic (exact) mass is 299 g/mol. The summed E-state index contributed by atoms with van der Waals surface area (Å²) in [7, 11) is 0. The number of nitrogens with zero attached hydrogens (tertiary/aromatic N) is 5. The zero-order chi connectivity index (χ0) is 14.2. The zero-order valence-electron chi connectivity index (χ0n) is 11.4. The van der Waals surface area contributed by atoms with Crippen LogP contribution in [-0.2, 0) is 0 Å². The van der Waals surface area contributed by atoms with Crippen LogP contribution in [0.2, 0.25) is 5.02 Å². The highest BCUT2D eigenvalue weighted by molar-refractivity contribution is 6.32. The van der Waals surface area contributed by atoms with Gasteiger partial charge in [0.05, 0.1) is 22.3 Å². The molecule has 4 rings (SSSR count). The molecule has 1 fully saturated rings. The van der Waals surface area contributed by atoms with E-state index in [0.29, 0.717) is 5.02 Å². The molecule has 0 saturated carbocycles. The molecule has 0 radical (unpaired) electrons. The van der Waals surface area contributed by atoms with Crippen molar-refractivity contribution >= 4 is 28.5 Å². The third kappa shape index (κ3) is 2.05. The molecule has 0 N–H and O–H groups in total. The van der Waals surface area contributed by atoms with Crippen LogP contribution in [-0.4, -0.2) is 32.8 Å². The van der Waals surface area contributed by atoms with E-state index < -0.39 is 0 Å². The molecule has 6 heteroatoms. The van der Waals surface area contributed by atoms with E-state index in [2.05, 4.69) is 20.0 Å². The number of hydrogen-bond acceptors (Lipinski definition) is 4. The van der Waals surface area contributed by atoms with Crippen molar-refractivity contribution in [2.45, 2.75) is 12.8 Å². The maximum Gasteiger partial charge on any atom is 0.168 e. The van der Waals surface area contributed by atoms with Crippen molar-refractivity contribution in [3.63, 3.8) is 0 Å². The molecule has 0 bridgehead atoms. The second-order valence-electron chi connectivity index (χ2n) is 5.14. The summed E-state index contributed by atoms with van der Waals surface area (Å²) < 4.78 is 1.78. The minimum Gasteiger partial charge on any atom is -0.356 e. The first-order chi connectivity index (χ1) is 10.3. The fraction of sp³-hybridized carbons (Fsp3) is 0.267. The summed E-state index contributed by atoms with van der Waals surface area (Å²) >= 11 is 6.27. The molecule has 0 aliphatic carbocycles. The number of rotatable bonds is 2. The molecule has 106 valence electrons. The van der Waals surface area contributed by atoms with Gasteiger partial charge in [-0.1, -0.05) is 23.7 Å². The second-order valence-corrected chi connectivity index (χ2v) is 5.54. The number of halogens is 1. The van der Waals surface area contributed by atoms with Gasteiger partial charge in [0, 0.05) is 13.1 Å². The summed E-state index contributed by atoms with van der Waals surface area (Å²) in [5, 5.41) is 6.09. The van der Waals surface area contributed by atoms with Crippen molar-refractivity contribution in [3.05, 3.63) is 41.8 Å². The van der Waals surface area contributed by atoms with Gasteiger partial charge in [0.1, 0.15) is 12.1 Å². The van der Waals surface area contributed by atoms with Crippen LogP contribution in [0.4, 0.5) is 5.82 Å². The van der Waals surface area contributed by atoms with E-state index in [9.17, 15) is 0 Å². The third-order valence-corrected chi connectivity index (χ3v) is 4.15. The average molecular weight is 300 g/mol. The van der Waals surface area contributed by atoms with Crippen LogP contribution in [0, 0.1) is 0 Å². The van der Waals surface area contributed by atoms with Crippen molar-refractivity contribution in [2.75, 3.05) is 18.0 Å². The van der Waals surface area contributed by atoms with Gasteiger partial charge in [-0.05, 0) is 25.0 Å². The van der Waals surface area contributed by atoms with Gasteiger partial charge in [-0.3, -0.25) is 0 Å². The maximum absolute atomic E-state index is 6.27. The van der Waals surface area contributed by atoms with E-state index in [4.69, 9.17) is 11.6 Å². The number of anilines is 1. The summed E-state index contributed by atoms with van der Waals surface area (Å²) in [6.07, 6.45) is 5.85. The SMILES string of the molecule is Clc1ccccc1-n1ncc2c(N3CCCC3)ncnc21. The normalized spacial score (nSPS) is 15.0. The van der Waals surface area contributed by atoms with Gasteiger partial charge >= 0.3 is 0 Å². The predicted octanol–water partition coefficient (Wildman–Crippen LogP) is 3.07. The highest BCUT2D eigenvalue weighted by Gasteiger charge is 2.19. The van der Waals surface area contributed by atoms with E-state index in [0.717, 1.165) is 35.6 Å². The minimum atomic E-state index is 0.656. The maximum atomic E-state index is 6.27. The second kappa shape index (κ2) is 5.00. The van der Waals surface area contributed by atoms with E-state index in [-0.39, 0.29) is 0 Å². The van der Waals surface area contributed by atoms with Crippen molar-refractivity contribution in [1.29, 1.82) is 0 Å². The van der Waals surface area contributed by atoms with Crippen LogP contribution in [0.1, 0.15) is 12.8 Å². The van der Waals surface area contributed by atoms with Crippen LogP contribution in [0.3, 0.4) is 0 Å². The molecule has 1 aromatic carbocycles. The number of benzene rings is 1. The number of hydrogen-bond donors (Lipinski definition) is 0. The summed E-state index contributed by atoms with van der Waals surface area (Å²) in [5.74, 6) is 0.968. The van der Waals surface area contributed by atoms with E-state index >= 15 is 0 Å². The Morgan fingerprint density at radius 3 is 2.67 bits per heavy atom. The fourth-order valence-electron chi connectivity index (χ4n) is 2.81. The van der Waals surface area contributed by atoms with Crippen molar-refractivity contribution in [1.82, 2.24) is 19.7 Å². The van der Waals surface area contributed by atoms with E-state index in [1.165, 1.54) is 12.8 Å². The lowest BCUT2D eigenvalue weighted by Crippen LogP contribution is -2.19. The smallest absolute Gasteiger partial charge is 0.168 e. The van der Waals surface area contributed by atoms with Gasteiger partial charge in [0.25, 0.3) is 0 Å². The molecule has 0 atom stereocenters. The standard InChI is InChI=1S/C15H14ClN5/c16-12-5-1-2-6-13(12)21-15-11(9-19-21)14(17-10-18-15)20-7-3-4-8-20/h1-2,5-6,9-10H,3-4,7-8H2. The predicted molar refractivity (Wildman–Crippen MR) is 83.1 cm³/mol. The Morgan fingerprint density at radius 2 is 1.86 bits per heavy atom. The molecular weight excluding hydrogens is 286 g/mol. The van der Waals surface area contributed by atoms with Gasteiger partial charge in [0.2, 0.25) is 0 Å². The van der Waals surface area contributed by atoms with Gasteiger partial charge < -0.3 is 4.90 Å². The number of aromatic nitrogens is 4. The highest BCUT2D eigenvalue weighted by atomic mass is 35.5. The quantitative estimate of drug-likeness (QED) is 0.729. The molecule has 0 unspecified atom stereocenters. The lowest BCUT2D eigenvalue weighted by molar-refractivity contribution is 0.892. The number of fused-ring (bicyclic) bond motifs is 1. The number of para-hydroxylation sites is 1. The Balaban J connectivity index is 1.89. The third-order valence-electron chi connectivity index (χ3n) is 3.83. The first-order valence-electron chi connectivity index (χ1n) is 7.03. The summed E-state index contributed by atoms with van der Waals surface area (Å²) in [5.41, 5.74) is 1.63. The van der Waals surface area contributed by atoms with E-state index in [1.54, 1.807) is 11.0 Å². The molecule has 1 saturated heterocycles. The van der Waals surface area contributed by atoms with Crippen molar-refractivity contribution in [3.8, 4) is 5.69 Å². The fourth-order valence-corrected chi connectivity index (χ4v) is 3.03. The Labute approximate surface area is 127 Å². The summed E-state index contributed by atoms with van der Waals surface area (Å²) in [6.45, 7) is 2.09. The molecule has 2 aromatic heterocycles. The van der Waals surface area contributed by atoms with Crippen LogP contribution >= 0.6 is 11.6 Å². The average Bonchev–Trinajstić information content (AvgIpc) is 3.17. The molecule has 3 heterocycles. The van der Waals surface area contributed by atoms with Crippen molar-refractivity contribution < 1.29 is 0 Å². The van der Waals surface area contributed by atoms with Gasteiger partial charge in [-0.25, -0.2) is 14.6 Å². The Kier molecular flexibility index (Phi) is 3.00. The lowest BCUT2D eigenvalue weighted by atomic mass is 10.3. The van der Waals surface area contributed by atoms with Crippen LogP contribution in [0.15, 0.2) is 36.8 Å². The molecule has 5 nitrogen and oxygen atoms in total.